The van der Waals surface area contributed by atoms with Crippen molar-refractivity contribution in [1.82, 2.24) is 4.98 Å². The number of aromatic nitrogens is 1. The van der Waals surface area contributed by atoms with E-state index in [0.717, 1.165) is 18.5 Å². The lowest BCUT2D eigenvalue weighted by Gasteiger charge is -2.14. The summed E-state index contributed by atoms with van der Waals surface area (Å²) >= 11 is 0. The number of aryl methyl sites for hydroxylation is 2. The normalized spacial score (nSPS) is 14.9. The van der Waals surface area contributed by atoms with E-state index >= 15 is 0 Å². The minimum absolute atomic E-state index is 0.0223. The molecule has 1 aromatic rings. The Labute approximate surface area is 83.3 Å². The van der Waals surface area contributed by atoms with Crippen molar-refractivity contribution < 1.29 is 4.79 Å². The van der Waals surface area contributed by atoms with Gasteiger partial charge in [-0.05, 0) is 37.3 Å². The Morgan fingerprint density at radius 1 is 1.43 bits per heavy atom. The largest absolute Gasteiger partial charge is 0.324 e. The number of nitrogens with zero attached hydrogens (tertiary/aromatic N) is 1. The maximum Gasteiger partial charge on any atom is 0.177 e. The minimum Gasteiger partial charge on any atom is -0.324 e. The monoisotopic (exact) mass is 190 g/mol. The van der Waals surface area contributed by atoms with Crippen LogP contribution in [0, 0.1) is 0 Å². The molecule has 0 aliphatic heterocycles. The zero-order valence-corrected chi connectivity index (χ0v) is 8.12. The summed E-state index contributed by atoms with van der Waals surface area (Å²) in [5.41, 5.74) is 8.35. The SMILES string of the molecule is NCC(=O)c1cnc2c(c1)CCCC2. The van der Waals surface area contributed by atoms with Gasteiger partial charge in [0.25, 0.3) is 0 Å². The van der Waals surface area contributed by atoms with Crippen molar-refractivity contribution >= 4 is 5.78 Å². The Balaban J connectivity index is 2.33. The van der Waals surface area contributed by atoms with Gasteiger partial charge in [0.2, 0.25) is 0 Å². The fourth-order valence-corrected chi connectivity index (χ4v) is 1.86. The molecule has 1 aromatic heterocycles. The second-order valence-corrected chi connectivity index (χ2v) is 3.66. The van der Waals surface area contributed by atoms with Crippen LogP contribution in [0.5, 0.6) is 0 Å². The van der Waals surface area contributed by atoms with Gasteiger partial charge in [0.05, 0.1) is 6.54 Å². The third-order valence-corrected chi connectivity index (χ3v) is 2.68. The molecule has 0 saturated carbocycles. The summed E-state index contributed by atoms with van der Waals surface area (Å²) in [5, 5.41) is 0. The van der Waals surface area contributed by atoms with Crippen molar-refractivity contribution in [3.8, 4) is 0 Å². The first kappa shape index (κ1) is 9.34. The van der Waals surface area contributed by atoms with Gasteiger partial charge in [-0.25, -0.2) is 0 Å². The summed E-state index contributed by atoms with van der Waals surface area (Å²) in [6, 6.07) is 1.96. The Hall–Kier alpha value is -1.22. The summed E-state index contributed by atoms with van der Waals surface area (Å²) in [7, 11) is 0. The number of carbonyl (C=O) groups is 1. The van der Waals surface area contributed by atoms with E-state index in [1.54, 1.807) is 6.20 Å². The van der Waals surface area contributed by atoms with E-state index in [4.69, 9.17) is 5.73 Å². The quantitative estimate of drug-likeness (QED) is 0.710. The average molecular weight is 190 g/mol. The summed E-state index contributed by atoms with van der Waals surface area (Å²) in [6.07, 6.45) is 6.17. The van der Waals surface area contributed by atoms with Crippen LogP contribution in [0.15, 0.2) is 12.3 Å². The highest BCUT2D eigenvalue weighted by Crippen LogP contribution is 2.19. The standard InChI is InChI=1S/C11H14N2O/c12-6-11(14)9-5-8-3-1-2-4-10(8)13-7-9/h5,7H,1-4,6,12H2. The van der Waals surface area contributed by atoms with E-state index in [1.165, 1.54) is 18.4 Å². The van der Waals surface area contributed by atoms with Gasteiger partial charge in [-0.1, -0.05) is 0 Å². The molecule has 0 bridgehead atoms. The lowest BCUT2D eigenvalue weighted by Crippen LogP contribution is -2.15. The Morgan fingerprint density at radius 2 is 2.21 bits per heavy atom. The highest BCUT2D eigenvalue weighted by molar-refractivity contribution is 5.97. The first-order valence-electron chi connectivity index (χ1n) is 5.02. The first-order valence-corrected chi connectivity index (χ1v) is 5.02. The fraction of sp³-hybridized carbons (Fsp3) is 0.455. The van der Waals surface area contributed by atoms with Crippen LogP contribution in [0.1, 0.15) is 34.5 Å². The number of fused-ring (bicyclic) bond motifs is 1. The maximum atomic E-state index is 11.3. The molecule has 0 unspecified atom stereocenters. The zero-order chi connectivity index (χ0) is 9.97. The molecule has 2 N–H and O–H groups in total. The van der Waals surface area contributed by atoms with E-state index in [0.29, 0.717) is 5.56 Å². The van der Waals surface area contributed by atoms with E-state index in [-0.39, 0.29) is 12.3 Å². The molecule has 0 aromatic carbocycles. The van der Waals surface area contributed by atoms with Crippen LogP contribution in [0.3, 0.4) is 0 Å². The molecular weight excluding hydrogens is 176 g/mol. The van der Waals surface area contributed by atoms with Crippen LogP contribution in [0.25, 0.3) is 0 Å². The third-order valence-electron chi connectivity index (χ3n) is 2.68. The second-order valence-electron chi connectivity index (χ2n) is 3.66. The molecule has 3 nitrogen and oxygen atoms in total. The smallest absolute Gasteiger partial charge is 0.177 e. The molecule has 0 radical (unpaired) electrons. The predicted octanol–water partition coefficient (Wildman–Crippen LogP) is 1.10. The van der Waals surface area contributed by atoms with Crippen LogP contribution in [-0.2, 0) is 12.8 Å². The maximum absolute atomic E-state index is 11.3. The molecule has 0 fully saturated rings. The van der Waals surface area contributed by atoms with Gasteiger partial charge >= 0.3 is 0 Å². The lowest BCUT2D eigenvalue weighted by atomic mass is 9.94. The molecule has 2 rings (SSSR count). The van der Waals surface area contributed by atoms with Gasteiger partial charge in [-0.3, -0.25) is 9.78 Å². The third kappa shape index (κ3) is 1.68. The number of ketones is 1. The number of pyridine rings is 1. The Kier molecular flexibility index (Phi) is 2.59. The predicted molar refractivity (Wildman–Crippen MR) is 54.3 cm³/mol. The van der Waals surface area contributed by atoms with Crippen molar-refractivity contribution in [2.45, 2.75) is 25.7 Å². The van der Waals surface area contributed by atoms with Crippen molar-refractivity contribution in [1.29, 1.82) is 0 Å². The molecule has 0 spiro atoms. The molecule has 74 valence electrons. The van der Waals surface area contributed by atoms with E-state index in [1.807, 2.05) is 6.07 Å². The van der Waals surface area contributed by atoms with E-state index in [2.05, 4.69) is 4.98 Å². The highest BCUT2D eigenvalue weighted by Gasteiger charge is 2.12. The second kappa shape index (κ2) is 3.88. The Bertz CT molecular complexity index is 360. The zero-order valence-electron chi connectivity index (χ0n) is 8.12. The number of nitrogens with two attached hydrogens (primary N) is 1. The number of hydrogen-bond acceptors (Lipinski definition) is 3. The molecular formula is C11H14N2O. The van der Waals surface area contributed by atoms with Gasteiger partial charge in [0, 0.05) is 17.5 Å². The van der Waals surface area contributed by atoms with Crippen LogP contribution >= 0.6 is 0 Å². The lowest BCUT2D eigenvalue weighted by molar-refractivity contribution is 0.100. The van der Waals surface area contributed by atoms with E-state index < -0.39 is 0 Å². The van der Waals surface area contributed by atoms with Gasteiger partial charge in [-0.15, -0.1) is 0 Å². The van der Waals surface area contributed by atoms with Crippen molar-refractivity contribution in [3.05, 3.63) is 29.1 Å². The summed E-state index contributed by atoms with van der Waals surface area (Å²) in [5.74, 6) is -0.0223. The van der Waals surface area contributed by atoms with Crippen LogP contribution in [0.2, 0.25) is 0 Å². The van der Waals surface area contributed by atoms with Gasteiger partial charge in [0.1, 0.15) is 0 Å². The first-order chi connectivity index (χ1) is 6.81. The van der Waals surface area contributed by atoms with Gasteiger partial charge in [0.15, 0.2) is 5.78 Å². The summed E-state index contributed by atoms with van der Waals surface area (Å²) in [6.45, 7) is 0.0699. The number of rotatable bonds is 2. The molecule has 1 heterocycles. The molecule has 3 heteroatoms. The number of Topliss-reactive ketones (excluding diaryl/α,β-unsaturated/α-hetero) is 1. The summed E-state index contributed by atoms with van der Waals surface area (Å²) in [4.78, 5) is 15.6. The van der Waals surface area contributed by atoms with E-state index in [9.17, 15) is 4.79 Å². The Morgan fingerprint density at radius 3 is 3.00 bits per heavy atom. The van der Waals surface area contributed by atoms with Crippen molar-refractivity contribution in [3.63, 3.8) is 0 Å². The topological polar surface area (TPSA) is 56.0 Å². The minimum atomic E-state index is -0.0223. The summed E-state index contributed by atoms with van der Waals surface area (Å²) < 4.78 is 0. The molecule has 1 aliphatic rings. The highest BCUT2D eigenvalue weighted by atomic mass is 16.1. The molecule has 14 heavy (non-hydrogen) atoms. The molecule has 0 amide bonds. The fourth-order valence-electron chi connectivity index (χ4n) is 1.86. The van der Waals surface area contributed by atoms with Crippen LogP contribution < -0.4 is 5.73 Å². The molecule has 1 aliphatic carbocycles. The van der Waals surface area contributed by atoms with Crippen molar-refractivity contribution in [2.75, 3.05) is 6.54 Å². The van der Waals surface area contributed by atoms with Crippen LogP contribution in [-0.4, -0.2) is 17.3 Å². The van der Waals surface area contributed by atoms with Crippen molar-refractivity contribution in [2.24, 2.45) is 5.73 Å². The average Bonchev–Trinajstić information content (AvgIpc) is 2.27. The number of carbonyl (C=O) groups excluding carboxylic acids is 1. The van der Waals surface area contributed by atoms with Crippen LogP contribution in [0.4, 0.5) is 0 Å². The molecule has 0 saturated heterocycles. The van der Waals surface area contributed by atoms with Gasteiger partial charge < -0.3 is 5.73 Å². The number of hydrogen-bond donors (Lipinski definition) is 1. The van der Waals surface area contributed by atoms with Gasteiger partial charge in [-0.2, -0.15) is 0 Å². The molecule has 0 atom stereocenters.